The molecule has 0 saturated carbocycles. The molecule has 0 aliphatic rings. The highest BCUT2D eigenvalue weighted by Crippen LogP contribution is 2.28. The van der Waals surface area contributed by atoms with Crippen molar-refractivity contribution >= 4 is 39.1 Å². The maximum absolute atomic E-state index is 14.1. The number of aryl methyl sites for hydroxylation is 2. The van der Waals surface area contributed by atoms with E-state index >= 15 is 0 Å². The van der Waals surface area contributed by atoms with Gasteiger partial charge in [-0.15, -0.1) is 0 Å². The topological polar surface area (TPSA) is 86.8 Å². The Morgan fingerprint density at radius 1 is 0.900 bits per heavy atom. The van der Waals surface area contributed by atoms with Gasteiger partial charge in [-0.1, -0.05) is 79.5 Å². The van der Waals surface area contributed by atoms with Crippen LogP contribution in [0.4, 0.5) is 5.69 Å². The van der Waals surface area contributed by atoms with Crippen molar-refractivity contribution in [3.63, 3.8) is 0 Å². The van der Waals surface area contributed by atoms with Crippen molar-refractivity contribution in [2.45, 2.75) is 71.0 Å². The highest BCUT2D eigenvalue weighted by atomic mass is 35.5. The van der Waals surface area contributed by atoms with Crippen molar-refractivity contribution in [2.75, 3.05) is 10.8 Å². The van der Waals surface area contributed by atoms with Gasteiger partial charge in [-0.2, -0.15) is 0 Å². The monoisotopic (exact) mass is 583 g/mol. The number of carbonyl (C=O) groups is 2. The normalized spacial score (nSPS) is 12.8. The number of halogens is 1. The molecule has 0 saturated heterocycles. The molecule has 7 nitrogen and oxygen atoms in total. The minimum atomic E-state index is -4.12. The summed E-state index contributed by atoms with van der Waals surface area (Å²) in [5.41, 5.74) is 2.68. The molecule has 3 rings (SSSR count). The third-order valence-corrected chi connectivity index (χ3v) is 9.10. The van der Waals surface area contributed by atoms with E-state index in [1.54, 1.807) is 55.5 Å². The quantitative estimate of drug-likeness (QED) is 0.289. The zero-order valence-electron chi connectivity index (χ0n) is 23.7. The van der Waals surface area contributed by atoms with Crippen molar-refractivity contribution in [1.82, 2.24) is 10.2 Å². The van der Waals surface area contributed by atoms with Crippen molar-refractivity contribution in [3.8, 4) is 0 Å². The van der Waals surface area contributed by atoms with Gasteiger partial charge in [0.05, 0.1) is 10.6 Å². The summed E-state index contributed by atoms with van der Waals surface area (Å²) in [5.74, 6) is -0.800. The van der Waals surface area contributed by atoms with Gasteiger partial charge in [0.2, 0.25) is 11.8 Å². The van der Waals surface area contributed by atoms with E-state index in [-0.39, 0.29) is 23.4 Å². The molecule has 0 unspecified atom stereocenters. The molecule has 3 aromatic rings. The molecule has 1 N–H and O–H groups in total. The summed E-state index contributed by atoms with van der Waals surface area (Å²) < 4.78 is 29.1. The fourth-order valence-electron chi connectivity index (χ4n) is 4.36. The maximum Gasteiger partial charge on any atom is 0.264 e. The van der Waals surface area contributed by atoms with Crippen LogP contribution in [0.5, 0.6) is 0 Å². The fourth-order valence-corrected chi connectivity index (χ4v) is 6.04. The van der Waals surface area contributed by atoms with Gasteiger partial charge in [-0.05, 0) is 69.0 Å². The van der Waals surface area contributed by atoms with Crippen LogP contribution in [0.25, 0.3) is 0 Å². The zero-order chi connectivity index (χ0) is 29.4. The van der Waals surface area contributed by atoms with E-state index in [2.05, 4.69) is 5.32 Å². The zero-order valence-corrected chi connectivity index (χ0v) is 25.3. The van der Waals surface area contributed by atoms with Gasteiger partial charge >= 0.3 is 0 Å². The lowest BCUT2D eigenvalue weighted by atomic mass is 10.1. The second-order valence-electron chi connectivity index (χ2n) is 9.97. The Kier molecular flexibility index (Phi) is 10.8. The molecular weight excluding hydrogens is 546 g/mol. The number of rotatable bonds is 12. The first-order valence-electron chi connectivity index (χ1n) is 13.5. The number of para-hydroxylation sites is 1. The summed E-state index contributed by atoms with van der Waals surface area (Å²) in [4.78, 5) is 29.0. The summed E-state index contributed by atoms with van der Waals surface area (Å²) >= 11 is 6.45. The van der Waals surface area contributed by atoms with Crippen molar-refractivity contribution in [3.05, 3.63) is 94.5 Å². The number of nitrogens with one attached hydrogen (secondary N) is 1. The first-order valence-corrected chi connectivity index (χ1v) is 15.3. The van der Waals surface area contributed by atoms with Crippen molar-refractivity contribution in [2.24, 2.45) is 0 Å². The van der Waals surface area contributed by atoms with Gasteiger partial charge in [0.1, 0.15) is 12.6 Å². The van der Waals surface area contributed by atoms with E-state index in [4.69, 9.17) is 11.6 Å². The minimum absolute atomic E-state index is 0.0527. The van der Waals surface area contributed by atoms with Crippen LogP contribution < -0.4 is 9.62 Å². The Bertz CT molecular complexity index is 1430. The fraction of sp³-hybridized carbons (Fsp3) is 0.355. The highest BCUT2D eigenvalue weighted by molar-refractivity contribution is 7.92. The third kappa shape index (κ3) is 7.43. The van der Waals surface area contributed by atoms with E-state index in [0.29, 0.717) is 28.3 Å². The second kappa shape index (κ2) is 13.8. The average molecular weight is 584 g/mol. The van der Waals surface area contributed by atoms with Crippen molar-refractivity contribution in [1.29, 1.82) is 0 Å². The predicted octanol–water partition coefficient (Wildman–Crippen LogP) is 5.87. The van der Waals surface area contributed by atoms with Crippen LogP contribution in [0.15, 0.2) is 77.7 Å². The molecule has 0 aliphatic heterocycles. The van der Waals surface area contributed by atoms with Crippen LogP contribution in [0.3, 0.4) is 0 Å². The summed E-state index contributed by atoms with van der Waals surface area (Å²) in [6, 6.07) is 19.8. The molecule has 0 aromatic heterocycles. The molecule has 40 heavy (non-hydrogen) atoms. The number of carbonyl (C=O) groups excluding carboxylic acids is 2. The van der Waals surface area contributed by atoms with E-state index in [1.807, 2.05) is 39.8 Å². The molecule has 0 heterocycles. The molecule has 0 aliphatic carbocycles. The Morgan fingerprint density at radius 2 is 1.52 bits per heavy atom. The van der Waals surface area contributed by atoms with E-state index in [1.165, 1.54) is 17.0 Å². The van der Waals surface area contributed by atoms with Gasteiger partial charge in [0.25, 0.3) is 10.0 Å². The number of hydrogen-bond donors (Lipinski definition) is 1. The van der Waals surface area contributed by atoms with E-state index in [0.717, 1.165) is 16.3 Å². The molecule has 2 amide bonds. The van der Waals surface area contributed by atoms with Crippen LogP contribution in [0, 0.1) is 13.8 Å². The maximum atomic E-state index is 14.1. The lowest BCUT2D eigenvalue weighted by Crippen LogP contribution is -2.53. The number of hydrogen-bond acceptors (Lipinski definition) is 4. The summed E-state index contributed by atoms with van der Waals surface area (Å²) in [6.07, 6.45) is 1.07. The van der Waals surface area contributed by atoms with Crippen molar-refractivity contribution < 1.29 is 18.0 Å². The smallest absolute Gasteiger partial charge is 0.264 e. The molecule has 9 heteroatoms. The number of sulfonamides is 1. The Hall–Kier alpha value is -3.36. The molecule has 0 spiro atoms. The number of anilines is 1. The lowest BCUT2D eigenvalue weighted by Gasteiger charge is -2.34. The Morgan fingerprint density at radius 3 is 2.12 bits per heavy atom. The lowest BCUT2D eigenvalue weighted by molar-refractivity contribution is -0.140. The van der Waals surface area contributed by atoms with Gasteiger partial charge in [-0.3, -0.25) is 13.9 Å². The summed E-state index contributed by atoms with van der Waals surface area (Å²) in [7, 11) is -4.12. The average Bonchev–Trinajstić information content (AvgIpc) is 2.93. The SMILES string of the molecule is CC[C@@H](C)NC(=O)[C@@H](CC)N(Cc1ccccc1Cl)C(=O)CN(c1ccccc1C)S(=O)(=O)c1ccc(C)cc1. The standard InChI is InChI=1S/C31H38ClN3O4S/c1-6-24(5)33-31(37)28(7-2)34(20-25-13-9-10-14-27(25)32)30(36)21-35(29-15-11-8-12-23(29)4)40(38,39)26-18-16-22(3)17-19-26/h8-19,24,28H,6-7,20-21H2,1-5H3,(H,33,37)/t24-,28-/m1/s1. The summed E-state index contributed by atoms with van der Waals surface area (Å²) in [6.45, 7) is 8.94. The van der Waals surface area contributed by atoms with Crippen LogP contribution >= 0.6 is 11.6 Å². The molecular formula is C31H38ClN3O4S. The van der Waals surface area contributed by atoms with Gasteiger partial charge in [-0.25, -0.2) is 8.42 Å². The molecule has 0 bridgehead atoms. The molecule has 2 atom stereocenters. The number of amides is 2. The third-order valence-electron chi connectivity index (χ3n) is 6.96. The van der Waals surface area contributed by atoms with Crippen LogP contribution in [-0.4, -0.2) is 43.8 Å². The van der Waals surface area contributed by atoms with Gasteiger partial charge < -0.3 is 10.2 Å². The Balaban J connectivity index is 2.08. The minimum Gasteiger partial charge on any atom is -0.352 e. The highest BCUT2D eigenvalue weighted by Gasteiger charge is 2.34. The van der Waals surface area contributed by atoms with Crippen LogP contribution in [0.1, 0.15) is 50.3 Å². The molecule has 214 valence electrons. The first-order chi connectivity index (χ1) is 19.0. The second-order valence-corrected chi connectivity index (χ2v) is 12.2. The van der Waals surface area contributed by atoms with E-state index in [9.17, 15) is 18.0 Å². The van der Waals surface area contributed by atoms with Gasteiger partial charge in [0, 0.05) is 17.6 Å². The largest absolute Gasteiger partial charge is 0.352 e. The first kappa shape index (κ1) is 31.2. The van der Waals surface area contributed by atoms with E-state index < -0.39 is 28.5 Å². The predicted molar refractivity (Wildman–Crippen MR) is 161 cm³/mol. The molecule has 0 radical (unpaired) electrons. The number of nitrogens with zero attached hydrogens (tertiary/aromatic N) is 2. The summed E-state index contributed by atoms with van der Waals surface area (Å²) in [5, 5.41) is 3.43. The van der Waals surface area contributed by atoms with Crippen LogP contribution in [-0.2, 0) is 26.2 Å². The van der Waals surface area contributed by atoms with Gasteiger partial charge in [0.15, 0.2) is 0 Å². The molecule has 0 fully saturated rings. The number of benzene rings is 3. The van der Waals surface area contributed by atoms with Crippen LogP contribution in [0.2, 0.25) is 5.02 Å². The Labute approximate surface area is 243 Å². The molecule has 3 aromatic carbocycles.